The zero-order valence-electron chi connectivity index (χ0n) is 6.49. The van der Waals surface area contributed by atoms with Crippen molar-refractivity contribution in [2.24, 2.45) is 10.9 Å². The number of hydrazone groups is 1. The van der Waals surface area contributed by atoms with Crippen molar-refractivity contribution >= 4 is 5.71 Å². The smallest absolute Gasteiger partial charge is 0.259 e. The van der Waals surface area contributed by atoms with Crippen molar-refractivity contribution in [2.45, 2.75) is 12.8 Å². The number of piperidine rings is 1. The van der Waals surface area contributed by atoms with Crippen molar-refractivity contribution in [2.75, 3.05) is 6.54 Å². The molecule has 1 aliphatic heterocycles. The molecule has 0 saturated carbocycles. The van der Waals surface area contributed by atoms with Crippen LogP contribution in [0.25, 0.3) is 0 Å². The molecule has 0 aromatic rings. The van der Waals surface area contributed by atoms with Crippen LogP contribution < -0.4 is 11.2 Å². The molecule has 0 unspecified atom stereocenters. The molecule has 0 atom stereocenters. The van der Waals surface area contributed by atoms with Crippen molar-refractivity contribution in [3.63, 3.8) is 0 Å². The maximum Gasteiger partial charge on any atom is 0.259 e. The molecule has 1 aliphatic rings. The van der Waals surface area contributed by atoms with Gasteiger partial charge in [0.05, 0.1) is 10.6 Å². The molecule has 0 radical (unpaired) electrons. The van der Waals surface area contributed by atoms with Gasteiger partial charge in [0.2, 0.25) is 0 Å². The van der Waals surface area contributed by atoms with Crippen LogP contribution in [0.4, 0.5) is 0 Å². The molecule has 12 heavy (non-hydrogen) atoms. The van der Waals surface area contributed by atoms with E-state index in [4.69, 9.17) is 5.84 Å². The fourth-order valence-corrected chi connectivity index (χ4v) is 1.08. The topological polar surface area (TPSA) is 93.5 Å². The molecule has 0 bridgehead atoms. The fraction of sp³-hybridized carbons (Fsp3) is 0.500. The lowest BCUT2D eigenvalue weighted by Gasteiger charge is -2.15. The maximum absolute atomic E-state index is 10.1. The lowest BCUT2D eigenvalue weighted by atomic mass is 10.1. The standard InChI is InChI=1S/C6H10N4O2/c7-9-5-2-1-3-8-6(5)4-10(11)12/h4,8H,1-3,7H2/b6-4-,9-5-. The summed E-state index contributed by atoms with van der Waals surface area (Å²) < 4.78 is 0. The molecule has 0 amide bonds. The van der Waals surface area contributed by atoms with E-state index in [-0.39, 0.29) is 0 Å². The second kappa shape index (κ2) is 3.70. The predicted octanol–water partition coefficient (Wildman–Crippen LogP) is -0.197. The van der Waals surface area contributed by atoms with E-state index in [2.05, 4.69) is 10.4 Å². The number of nitrogens with zero attached hydrogens (tertiary/aromatic N) is 2. The average molecular weight is 170 g/mol. The van der Waals surface area contributed by atoms with Crippen LogP contribution in [0.5, 0.6) is 0 Å². The van der Waals surface area contributed by atoms with Gasteiger partial charge in [-0.15, -0.1) is 0 Å². The Kier molecular flexibility index (Phi) is 2.62. The maximum atomic E-state index is 10.1. The summed E-state index contributed by atoms with van der Waals surface area (Å²) in [6.45, 7) is 0.735. The zero-order valence-corrected chi connectivity index (χ0v) is 6.49. The molecule has 1 rings (SSSR count). The summed E-state index contributed by atoms with van der Waals surface area (Å²) in [7, 11) is 0. The van der Waals surface area contributed by atoms with Gasteiger partial charge in [-0.05, 0) is 12.8 Å². The van der Waals surface area contributed by atoms with Gasteiger partial charge >= 0.3 is 0 Å². The minimum Gasteiger partial charge on any atom is -0.378 e. The van der Waals surface area contributed by atoms with Crippen LogP contribution in [0.3, 0.4) is 0 Å². The molecule has 1 heterocycles. The van der Waals surface area contributed by atoms with E-state index < -0.39 is 4.92 Å². The van der Waals surface area contributed by atoms with Crippen LogP contribution in [0.1, 0.15) is 12.8 Å². The predicted molar refractivity (Wildman–Crippen MR) is 43.9 cm³/mol. The minimum absolute atomic E-state index is 0.425. The van der Waals surface area contributed by atoms with E-state index in [1.54, 1.807) is 0 Å². The number of rotatable bonds is 1. The van der Waals surface area contributed by atoms with Crippen LogP contribution in [0.15, 0.2) is 17.0 Å². The van der Waals surface area contributed by atoms with Gasteiger partial charge in [0.1, 0.15) is 5.70 Å². The zero-order chi connectivity index (χ0) is 8.97. The molecule has 0 aromatic heterocycles. The monoisotopic (exact) mass is 170 g/mol. The van der Waals surface area contributed by atoms with Crippen LogP contribution in [-0.2, 0) is 0 Å². The highest BCUT2D eigenvalue weighted by Gasteiger charge is 2.15. The van der Waals surface area contributed by atoms with E-state index in [9.17, 15) is 10.1 Å². The van der Waals surface area contributed by atoms with Gasteiger partial charge in [-0.1, -0.05) is 0 Å². The number of hydrogen-bond acceptors (Lipinski definition) is 5. The van der Waals surface area contributed by atoms with E-state index >= 15 is 0 Å². The number of hydrogen-bond donors (Lipinski definition) is 2. The van der Waals surface area contributed by atoms with Gasteiger partial charge < -0.3 is 11.2 Å². The quantitative estimate of drug-likeness (QED) is 0.324. The molecule has 6 nitrogen and oxygen atoms in total. The van der Waals surface area contributed by atoms with Crippen molar-refractivity contribution in [1.82, 2.24) is 5.32 Å². The highest BCUT2D eigenvalue weighted by molar-refractivity contribution is 5.99. The molecule has 0 spiro atoms. The van der Waals surface area contributed by atoms with Crippen molar-refractivity contribution in [1.29, 1.82) is 0 Å². The lowest BCUT2D eigenvalue weighted by Crippen LogP contribution is -2.29. The second-order valence-electron chi connectivity index (χ2n) is 2.43. The fourth-order valence-electron chi connectivity index (χ4n) is 1.08. The Morgan fingerprint density at radius 2 is 2.50 bits per heavy atom. The molecule has 1 fully saturated rings. The molecule has 3 N–H and O–H groups in total. The summed E-state index contributed by atoms with van der Waals surface area (Å²) in [6.07, 6.45) is 2.50. The normalized spacial score (nSPS) is 24.0. The summed E-state index contributed by atoms with van der Waals surface area (Å²) in [6, 6.07) is 0. The molecule has 0 aromatic carbocycles. The first-order chi connectivity index (χ1) is 5.74. The Morgan fingerprint density at radius 1 is 1.75 bits per heavy atom. The summed E-state index contributed by atoms with van der Waals surface area (Å²) in [4.78, 5) is 9.61. The average Bonchev–Trinajstić information content (AvgIpc) is 2.04. The Morgan fingerprint density at radius 3 is 3.08 bits per heavy atom. The van der Waals surface area contributed by atoms with Gasteiger partial charge in [-0.2, -0.15) is 5.10 Å². The molecule has 6 heteroatoms. The first-order valence-corrected chi connectivity index (χ1v) is 3.60. The van der Waals surface area contributed by atoms with Crippen LogP contribution in [0, 0.1) is 10.1 Å². The second-order valence-corrected chi connectivity index (χ2v) is 2.43. The van der Waals surface area contributed by atoms with Crippen molar-refractivity contribution in [3.8, 4) is 0 Å². The SMILES string of the molecule is N/N=C1/CCCN/C1=C\[N+](=O)[O-]. The van der Waals surface area contributed by atoms with Crippen LogP contribution in [-0.4, -0.2) is 17.2 Å². The lowest BCUT2D eigenvalue weighted by molar-refractivity contribution is -0.403. The van der Waals surface area contributed by atoms with Gasteiger partial charge in [0, 0.05) is 6.54 Å². The highest BCUT2D eigenvalue weighted by atomic mass is 16.6. The highest BCUT2D eigenvalue weighted by Crippen LogP contribution is 2.07. The number of nitrogens with two attached hydrogens (primary N) is 1. The van der Waals surface area contributed by atoms with E-state index in [1.807, 2.05) is 0 Å². The number of allylic oxidation sites excluding steroid dienone is 1. The van der Waals surface area contributed by atoms with E-state index in [0.29, 0.717) is 17.8 Å². The number of nitrogens with one attached hydrogen (secondary N) is 1. The molecule has 0 aliphatic carbocycles. The molecule has 66 valence electrons. The molecular formula is C6H10N4O2. The Balaban J connectivity index is 2.79. The third-order valence-corrected chi connectivity index (χ3v) is 1.61. The first-order valence-electron chi connectivity index (χ1n) is 3.60. The van der Waals surface area contributed by atoms with Crippen LogP contribution in [0.2, 0.25) is 0 Å². The summed E-state index contributed by atoms with van der Waals surface area (Å²) in [5, 5.41) is 16.4. The Hall–Kier alpha value is -1.59. The third-order valence-electron chi connectivity index (χ3n) is 1.61. The van der Waals surface area contributed by atoms with Gasteiger partial charge in [0.15, 0.2) is 0 Å². The van der Waals surface area contributed by atoms with Gasteiger partial charge in [-0.3, -0.25) is 10.1 Å². The summed E-state index contributed by atoms with van der Waals surface area (Å²) in [5.74, 6) is 5.05. The van der Waals surface area contributed by atoms with E-state index in [1.165, 1.54) is 0 Å². The number of nitro groups is 1. The van der Waals surface area contributed by atoms with Crippen molar-refractivity contribution in [3.05, 3.63) is 22.0 Å². The van der Waals surface area contributed by atoms with Crippen molar-refractivity contribution < 1.29 is 4.92 Å². The third kappa shape index (κ3) is 1.94. The molecule has 1 saturated heterocycles. The first kappa shape index (κ1) is 8.51. The Labute approximate surface area is 69.3 Å². The summed E-state index contributed by atoms with van der Waals surface area (Å²) >= 11 is 0. The van der Waals surface area contributed by atoms with Gasteiger partial charge in [0.25, 0.3) is 6.20 Å². The summed E-state index contributed by atoms with van der Waals surface area (Å²) in [5.41, 5.74) is 0.992. The van der Waals surface area contributed by atoms with Gasteiger partial charge in [-0.25, -0.2) is 0 Å². The van der Waals surface area contributed by atoms with E-state index in [0.717, 1.165) is 19.2 Å². The Bertz CT molecular complexity index is 246. The largest absolute Gasteiger partial charge is 0.378 e. The minimum atomic E-state index is -0.515. The molecular weight excluding hydrogens is 160 g/mol. The van der Waals surface area contributed by atoms with Crippen LogP contribution >= 0.6 is 0 Å².